The summed E-state index contributed by atoms with van der Waals surface area (Å²) >= 11 is 0. The van der Waals surface area contributed by atoms with E-state index >= 15 is 0 Å². The van der Waals surface area contributed by atoms with E-state index in [-0.39, 0.29) is 6.09 Å². The van der Waals surface area contributed by atoms with Crippen molar-refractivity contribution in [1.29, 1.82) is 0 Å². The molecule has 1 amide bonds. The van der Waals surface area contributed by atoms with Crippen molar-refractivity contribution in [3.05, 3.63) is 0 Å². The predicted molar refractivity (Wildman–Crippen MR) is 59.9 cm³/mol. The topological polar surface area (TPSA) is 41.6 Å². The predicted octanol–water partition coefficient (Wildman–Crippen LogP) is 1.61. The third-order valence-corrected chi connectivity index (χ3v) is 2.36. The Morgan fingerprint density at radius 1 is 1.40 bits per heavy atom. The van der Waals surface area contributed by atoms with Crippen molar-refractivity contribution in [2.45, 2.75) is 45.8 Å². The minimum atomic E-state index is -0.400. The first kappa shape index (κ1) is 12.3. The van der Waals surface area contributed by atoms with Crippen LogP contribution in [0.25, 0.3) is 0 Å². The molecule has 0 aromatic rings. The summed E-state index contributed by atoms with van der Waals surface area (Å²) in [5, 5.41) is 3.34. The van der Waals surface area contributed by atoms with E-state index < -0.39 is 5.60 Å². The lowest BCUT2D eigenvalue weighted by atomic mass is 10.2. The Morgan fingerprint density at radius 2 is 2.07 bits per heavy atom. The van der Waals surface area contributed by atoms with Crippen molar-refractivity contribution in [2.75, 3.05) is 19.6 Å². The molecule has 0 bridgehead atoms. The quantitative estimate of drug-likeness (QED) is 0.666. The molecule has 0 spiro atoms. The van der Waals surface area contributed by atoms with Gasteiger partial charge in [0.05, 0.1) is 0 Å². The first-order valence-corrected chi connectivity index (χ1v) is 5.60. The van der Waals surface area contributed by atoms with E-state index in [2.05, 4.69) is 12.2 Å². The Labute approximate surface area is 92.0 Å². The van der Waals surface area contributed by atoms with Gasteiger partial charge in [0.2, 0.25) is 0 Å². The van der Waals surface area contributed by atoms with Crippen molar-refractivity contribution < 1.29 is 9.53 Å². The van der Waals surface area contributed by atoms with Gasteiger partial charge >= 0.3 is 6.09 Å². The number of ether oxygens (including phenoxy) is 1. The SMILES string of the molecule is C[C@H]1CCN(C(=O)OC(C)(C)C)CCN1. The summed E-state index contributed by atoms with van der Waals surface area (Å²) < 4.78 is 5.33. The molecule has 0 aromatic heterocycles. The van der Waals surface area contributed by atoms with Gasteiger partial charge in [-0.2, -0.15) is 0 Å². The van der Waals surface area contributed by atoms with Gasteiger partial charge in [-0.3, -0.25) is 0 Å². The highest BCUT2D eigenvalue weighted by atomic mass is 16.6. The Morgan fingerprint density at radius 3 is 2.67 bits per heavy atom. The summed E-state index contributed by atoms with van der Waals surface area (Å²) in [4.78, 5) is 13.5. The Bertz CT molecular complexity index is 223. The van der Waals surface area contributed by atoms with Gasteiger partial charge < -0.3 is 15.0 Å². The standard InChI is InChI=1S/C11H22N2O2/c1-9-5-7-13(8-6-12-9)10(14)15-11(2,3)4/h9,12H,5-8H2,1-4H3/t9-/m0/s1. The van der Waals surface area contributed by atoms with Crippen LogP contribution < -0.4 is 5.32 Å². The number of nitrogens with zero attached hydrogens (tertiary/aromatic N) is 1. The number of carbonyl (C=O) groups excluding carboxylic acids is 1. The average molecular weight is 214 g/mol. The third kappa shape index (κ3) is 4.51. The van der Waals surface area contributed by atoms with Crippen molar-refractivity contribution >= 4 is 6.09 Å². The van der Waals surface area contributed by atoms with E-state index in [1.807, 2.05) is 20.8 Å². The van der Waals surface area contributed by atoms with Crippen LogP contribution in [-0.2, 0) is 4.74 Å². The fraction of sp³-hybridized carbons (Fsp3) is 0.909. The summed E-state index contributed by atoms with van der Waals surface area (Å²) in [7, 11) is 0. The van der Waals surface area contributed by atoms with Crippen LogP contribution in [0.2, 0.25) is 0 Å². The van der Waals surface area contributed by atoms with E-state index in [1.165, 1.54) is 0 Å². The van der Waals surface area contributed by atoms with Gasteiger partial charge in [-0.05, 0) is 34.1 Å². The summed E-state index contributed by atoms with van der Waals surface area (Å²) in [6.45, 7) is 10.2. The van der Waals surface area contributed by atoms with Gasteiger partial charge in [0.1, 0.15) is 5.60 Å². The molecule has 1 saturated heterocycles. The molecule has 88 valence electrons. The number of rotatable bonds is 0. The smallest absolute Gasteiger partial charge is 0.410 e. The van der Waals surface area contributed by atoms with Gasteiger partial charge in [0, 0.05) is 25.7 Å². The number of amides is 1. The molecule has 1 rings (SSSR count). The number of carbonyl (C=O) groups is 1. The molecule has 1 aliphatic rings. The molecule has 15 heavy (non-hydrogen) atoms. The molecule has 0 radical (unpaired) electrons. The minimum Gasteiger partial charge on any atom is -0.444 e. The van der Waals surface area contributed by atoms with E-state index in [0.717, 1.165) is 26.1 Å². The Kier molecular flexibility index (Phi) is 3.97. The van der Waals surface area contributed by atoms with Crippen LogP contribution in [0, 0.1) is 0 Å². The van der Waals surface area contributed by atoms with Gasteiger partial charge in [0.15, 0.2) is 0 Å². The lowest BCUT2D eigenvalue weighted by molar-refractivity contribution is 0.0262. The largest absolute Gasteiger partial charge is 0.444 e. The van der Waals surface area contributed by atoms with Crippen molar-refractivity contribution in [3.63, 3.8) is 0 Å². The van der Waals surface area contributed by atoms with Gasteiger partial charge in [-0.1, -0.05) is 0 Å². The van der Waals surface area contributed by atoms with Crippen LogP contribution in [0.4, 0.5) is 4.79 Å². The molecule has 1 atom stereocenters. The zero-order valence-electron chi connectivity index (χ0n) is 10.2. The number of hydrogen-bond donors (Lipinski definition) is 1. The molecule has 1 N–H and O–H groups in total. The van der Waals surface area contributed by atoms with Crippen molar-refractivity contribution in [1.82, 2.24) is 10.2 Å². The minimum absolute atomic E-state index is 0.196. The lowest BCUT2D eigenvalue weighted by Crippen LogP contribution is -2.38. The van der Waals surface area contributed by atoms with Crippen LogP contribution >= 0.6 is 0 Å². The van der Waals surface area contributed by atoms with Crippen LogP contribution in [-0.4, -0.2) is 42.3 Å². The highest BCUT2D eigenvalue weighted by Crippen LogP contribution is 2.11. The van der Waals surface area contributed by atoms with Gasteiger partial charge in [-0.15, -0.1) is 0 Å². The monoisotopic (exact) mass is 214 g/mol. The van der Waals surface area contributed by atoms with Gasteiger partial charge in [-0.25, -0.2) is 4.79 Å². The maximum Gasteiger partial charge on any atom is 0.410 e. The Hall–Kier alpha value is -0.770. The van der Waals surface area contributed by atoms with Crippen molar-refractivity contribution in [3.8, 4) is 0 Å². The van der Waals surface area contributed by atoms with Crippen LogP contribution in [0.3, 0.4) is 0 Å². The highest BCUT2D eigenvalue weighted by molar-refractivity contribution is 5.68. The fourth-order valence-corrected chi connectivity index (χ4v) is 1.52. The average Bonchev–Trinajstić information content (AvgIpc) is 2.26. The molecule has 0 aliphatic carbocycles. The molecular weight excluding hydrogens is 192 g/mol. The molecule has 1 fully saturated rings. The molecule has 4 heteroatoms. The molecule has 0 aromatic carbocycles. The van der Waals surface area contributed by atoms with E-state index in [4.69, 9.17) is 4.74 Å². The highest BCUT2D eigenvalue weighted by Gasteiger charge is 2.23. The van der Waals surface area contributed by atoms with E-state index in [0.29, 0.717) is 6.04 Å². The van der Waals surface area contributed by atoms with E-state index in [9.17, 15) is 4.79 Å². The van der Waals surface area contributed by atoms with Crippen molar-refractivity contribution in [2.24, 2.45) is 0 Å². The number of nitrogens with one attached hydrogen (secondary N) is 1. The second-order valence-corrected chi connectivity index (χ2v) is 5.11. The summed E-state index contributed by atoms with van der Waals surface area (Å²) in [6, 6.07) is 0.484. The van der Waals surface area contributed by atoms with Crippen LogP contribution in [0.1, 0.15) is 34.1 Å². The Balaban J connectivity index is 2.45. The normalized spacial score (nSPS) is 23.5. The summed E-state index contributed by atoms with van der Waals surface area (Å²) in [5.74, 6) is 0. The molecule has 0 unspecified atom stereocenters. The molecular formula is C11H22N2O2. The van der Waals surface area contributed by atoms with E-state index in [1.54, 1.807) is 4.90 Å². The van der Waals surface area contributed by atoms with Gasteiger partial charge in [0.25, 0.3) is 0 Å². The molecule has 1 heterocycles. The zero-order valence-corrected chi connectivity index (χ0v) is 10.2. The van der Waals surface area contributed by atoms with Crippen LogP contribution in [0.15, 0.2) is 0 Å². The van der Waals surface area contributed by atoms with Crippen LogP contribution in [0.5, 0.6) is 0 Å². The summed E-state index contributed by atoms with van der Waals surface area (Å²) in [5.41, 5.74) is -0.400. The second kappa shape index (κ2) is 4.84. The lowest BCUT2D eigenvalue weighted by Gasteiger charge is -2.26. The first-order chi connectivity index (χ1) is 6.88. The molecule has 1 aliphatic heterocycles. The number of hydrogen-bond acceptors (Lipinski definition) is 3. The zero-order chi connectivity index (χ0) is 11.5. The second-order valence-electron chi connectivity index (χ2n) is 5.11. The maximum atomic E-state index is 11.7. The molecule has 4 nitrogen and oxygen atoms in total. The first-order valence-electron chi connectivity index (χ1n) is 5.60. The summed E-state index contributed by atoms with van der Waals surface area (Å²) in [6.07, 6.45) is 0.789. The third-order valence-electron chi connectivity index (χ3n) is 2.36. The molecule has 0 saturated carbocycles. The maximum absolute atomic E-state index is 11.7. The fourth-order valence-electron chi connectivity index (χ4n) is 1.52.